The highest BCUT2D eigenvalue weighted by atomic mass is 35.5. The minimum atomic E-state index is 0.278. The number of rotatable bonds is 5. The lowest BCUT2D eigenvalue weighted by Crippen LogP contribution is -2.34. The Morgan fingerprint density at radius 2 is 2.20 bits per heavy atom. The van der Waals surface area contributed by atoms with E-state index in [0.29, 0.717) is 10.0 Å². The quantitative estimate of drug-likeness (QED) is 0.879. The van der Waals surface area contributed by atoms with E-state index < -0.39 is 0 Å². The summed E-state index contributed by atoms with van der Waals surface area (Å²) in [6.45, 7) is 2.44. The molecule has 0 spiro atoms. The molecule has 2 fully saturated rings. The Labute approximate surface area is 131 Å². The summed E-state index contributed by atoms with van der Waals surface area (Å²) in [6.07, 6.45) is 5.34. The number of piperidine rings is 1. The maximum Gasteiger partial charge on any atom is 0.0640 e. The predicted molar refractivity (Wildman–Crippen MR) is 85.6 cm³/mol. The van der Waals surface area contributed by atoms with Gasteiger partial charge in [-0.05, 0) is 50.3 Å². The van der Waals surface area contributed by atoms with Crippen molar-refractivity contribution in [2.75, 3.05) is 20.1 Å². The van der Waals surface area contributed by atoms with Crippen LogP contribution < -0.4 is 5.32 Å². The molecule has 3 unspecified atom stereocenters. The monoisotopic (exact) mass is 312 g/mol. The van der Waals surface area contributed by atoms with Gasteiger partial charge in [0.05, 0.1) is 10.0 Å². The number of halogens is 2. The van der Waals surface area contributed by atoms with Crippen molar-refractivity contribution in [1.82, 2.24) is 10.2 Å². The van der Waals surface area contributed by atoms with E-state index >= 15 is 0 Å². The number of benzene rings is 1. The number of likely N-dealkylation sites (tertiary alicyclic amines) is 1. The van der Waals surface area contributed by atoms with E-state index in [2.05, 4.69) is 16.3 Å². The molecule has 1 aliphatic carbocycles. The van der Waals surface area contributed by atoms with E-state index in [1.807, 2.05) is 19.2 Å². The topological polar surface area (TPSA) is 15.3 Å². The SMILES string of the molecule is CNC(CCN1CC2CCC1C2)c1cccc(Cl)c1Cl. The smallest absolute Gasteiger partial charge is 0.0640 e. The fourth-order valence-electron chi connectivity index (χ4n) is 3.84. The summed E-state index contributed by atoms with van der Waals surface area (Å²) in [7, 11) is 2.00. The highest BCUT2D eigenvalue weighted by Crippen LogP contribution is 2.38. The number of hydrogen-bond donors (Lipinski definition) is 1. The molecule has 1 saturated carbocycles. The molecule has 2 nitrogen and oxygen atoms in total. The summed E-state index contributed by atoms with van der Waals surface area (Å²) in [6, 6.07) is 7.02. The summed E-state index contributed by atoms with van der Waals surface area (Å²) in [5.41, 5.74) is 1.12. The summed E-state index contributed by atoms with van der Waals surface area (Å²) < 4.78 is 0. The van der Waals surface area contributed by atoms with Crippen LogP contribution in [0.4, 0.5) is 0 Å². The van der Waals surface area contributed by atoms with Crippen LogP contribution in [0.15, 0.2) is 18.2 Å². The zero-order valence-electron chi connectivity index (χ0n) is 11.9. The molecule has 4 heteroatoms. The lowest BCUT2D eigenvalue weighted by molar-refractivity contribution is 0.203. The van der Waals surface area contributed by atoms with Gasteiger partial charge in [0.1, 0.15) is 0 Å². The molecule has 1 N–H and O–H groups in total. The zero-order valence-corrected chi connectivity index (χ0v) is 13.4. The van der Waals surface area contributed by atoms with Crippen LogP contribution >= 0.6 is 23.2 Å². The van der Waals surface area contributed by atoms with Gasteiger partial charge in [-0.25, -0.2) is 0 Å². The second kappa shape index (κ2) is 6.23. The standard InChI is InChI=1S/C16H22Cl2N2/c1-19-15(13-3-2-4-14(17)16(13)18)7-8-20-10-11-5-6-12(20)9-11/h2-4,11-12,15,19H,5-10H2,1H3. The lowest BCUT2D eigenvalue weighted by atomic mass is 10.0. The van der Waals surface area contributed by atoms with Gasteiger partial charge in [-0.3, -0.25) is 0 Å². The first-order valence-corrected chi connectivity index (χ1v) is 8.30. The summed E-state index contributed by atoms with van der Waals surface area (Å²) in [4.78, 5) is 2.66. The van der Waals surface area contributed by atoms with Crippen molar-refractivity contribution in [1.29, 1.82) is 0 Å². The van der Waals surface area contributed by atoms with Crippen LogP contribution in [0, 0.1) is 5.92 Å². The van der Waals surface area contributed by atoms with Crippen LogP contribution in [0.1, 0.15) is 37.3 Å². The van der Waals surface area contributed by atoms with Crippen molar-refractivity contribution >= 4 is 23.2 Å². The number of fused-ring (bicyclic) bond motifs is 2. The second-order valence-electron chi connectivity index (χ2n) is 6.10. The van der Waals surface area contributed by atoms with E-state index in [4.69, 9.17) is 23.2 Å². The van der Waals surface area contributed by atoms with Gasteiger partial charge in [0, 0.05) is 25.2 Å². The van der Waals surface area contributed by atoms with Crippen molar-refractivity contribution < 1.29 is 0 Å². The average molecular weight is 313 g/mol. The largest absolute Gasteiger partial charge is 0.313 e. The van der Waals surface area contributed by atoms with E-state index in [1.54, 1.807) is 0 Å². The van der Waals surface area contributed by atoms with Crippen LogP contribution in [0.25, 0.3) is 0 Å². The Hall–Kier alpha value is -0.280. The van der Waals surface area contributed by atoms with Crippen molar-refractivity contribution in [3.05, 3.63) is 33.8 Å². The van der Waals surface area contributed by atoms with Gasteiger partial charge in [0.25, 0.3) is 0 Å². The number of nitrogens with zero attached hydrogens (tertiary/aromatic N) is 1. The Kier molecular flexibility index (Phi) is 4.56. The normalized spacial score (nSPS) is 27.1. The van der Waals surface area contributed by atoms with Gasteiger partial charge in [-0.15, -0.1) is 0 Å². The molecule has 2 aliphatic rings. The minimum Gasteiger partial charge on any atom is -0.313 e. The van der Waals surface area contributed by atoms with Crippen LogP contribution in [-0.4, -0.2) is 31.1 Å². The van der Waals surface area contributed by atoms with Crippen LogP contribution in [0.2, 0.25) is 10.0 Å². The van der Waals surface area contributed by atoms with Crippen molar-refractivity contribution in [2.45, 2.75) is 37.8 Å². The van der Waals surface area contributed by atoms with E-state index in [0.717, 1.165) is 30.5 Å². The van der Waals surface area contributed by atoms with E-state index in [1.165, 1.54) is 25.8 Å². The van der Waals surface area contributed by atoms with Gasteiger partial charge in [-0.2, -0.15) is 0 Å². The van der Waals surface area contributed by atoms with Crippen LogP contribution in [0.3, 0.4) is 0 Å². The number of nitrogens with one attached hydrogen (secondary N) is 1. The average Bonchev–Trinajstić information content (AvgIpc) is 3.06. The van der Waals surface area contributed by atoms with Gasteiger partial charge in [0.2, 0.25) is 0 Å². The fraction of sp³-hybridized carbons (Fsp3) is 0.625. The van der Waals surface area contributed by atoms with Crippen molar-refractivity contribution in [2.24, 2.45) is 5.92 Å². The first kappa shape index (κ1) is 14.6. The second-order valence-corrected chi connectivity index (χ2v) is 6.89. The highest BCUT2D eigenvalue weighted by molar-refractivity contribution is 6.42. The molecule has 1 saturated heterocycles. The summed E-state index contributed by atoms with van der Waals surface area (Å²) in [5.74, 6) is 0.961. The highest BCUT2D eigenvalue weighted by Gasteiger charge is 2.37. The van der Waals surface area contributed by atoms with Gasteiger partial charge in [-0.1, -0.05) is 35.3 Å². The molecule has 20 heavy (non-hydrogen) atoms. The molecule has 2 bridgehead atoms. The molecule has 0 radical (unpaired) electrons. The molecule has 1 aromatic rings. The molecule has 1 aliphatic heterocycles. The molecule has 0 amide bonds. The predicted octanol–water partition coefficient (Wildman–Crippen LogP) is 4.13. The Morgan fingerprint density at radius 3 is 2.85 bits per heavy atom. The zero-order chi connectivity index (χ0) is 14.1. The first-order valence-electron chi connectivity index (χ1n) is 7.54. The molecule has 3 rings (SSSR count). The third-order valence-corrected chi connectivity index (χ3v) is 5.77. The first-order chi connectivity index (χ1) is 9.69. The molecule has 110 valence electrons. The van der Waals surface area contributed by atoms with E-state index in [9.17, 15) is 0 Å². The van der Waals surface area contributed by atoms with Crippen molar-refractivity contribution in [3.8, 4) is 0 Å². The Balaban J connectivity index is 1.64. The molecule has 3 atom stereocenters. The summed E-state index contributed by atoms with van der Waals surface area (Å²) >= 11 is 12.5. The molecule has 0 aromatic heterocycles. The third-order valence-electron chi connectivity index (χ3n) is 4.93. The molecular weight excluding hydrogens is 291 g/mol. The minimum absolute atomic E-state index is 0.278. The Bertz CT molecular complexity index is 478. The van der Waals surface area contributed by atoms with E-state index in [-0.39, 0.29) is 6.04 Å². The Morgan fingerprint density at radius 1 is 1.35 bits per heavy atom. The third kappa shape index (κ3) is 2.85. The maximum atomic E-state index is 6.34. The molecule has 1 aromatic carbocycles. The molecule has 1 heterocycles. The fourth-order valence-corrected chi connectivity index (χ4v) is 4.28. The van der Waals surface area contributed by atoms with Crippen LogP contribution in [0.5, 0.6) is 0 Å². The van der Waals surface area contributed by atoms with Crippen LogP contribution in [-0.2, 0) is 0 Å². The van der Waals surface area contributed by atoms with Gasteiger partial charge in [0.15, 0.2) is 0 Å². The maximum absolute atomic E-state index is 6.34. The van der Waals surface area contributed by atoms with Crippen molar-refractivity contribution in [3.63, 3.8) is 0 Å². The van der Waals surface area contributed by atoms with Gasteiger partial charge >= 0.3 is 0 Å². The molecular formula is C16H22Cl2N2. The summed E-state index contributed by atoms with van der Waals surface area (Å²) in [5, 5.41) is 4.72. The number of hydrogen-bond acceptors (Lipinski definition) is 2. The van der Waals surface area contributed by atoms with Gasteiger partial charge < -0.3 is 10.2 Å². The lowest BCUT2D eigenvalue weighted by Gasteiger charge is -2.29.